The minimum Gasteiger partial charge on any atom is -0.390 e. The first-order valence-corrected chi connectivity index (χ1v) is 7.75. The fourth-order valence-corrected chi connectivity index (χ4v) is 3.24. The number of aliphatic hydroxyl groups is 1. The topological polar surface area (TPSA) is 49.3 Å². The number of amides is 1. The van der Waals surface area contributed by atoms with Crippen LogP contribution in [0.1, 0.15) is 27.5 Å². The molecule has 3 rings (SSSR count). The quantitative estimate of drug-likeness (QED) is 0.855. The molecule has 108 valence electrons. The van der Waals surface area contributed by atoms with Crippen LogP contribution in [0, 0.1) is 0 Å². The predicted molar refractivity (Wildman–Crippen MR) is 85.5 cm³/mol. The molecule has 0 unspecified atom stereocenters. The zero-order chi connectivity index (χ0) is 15.0. The summed E-state index contributed by atoms with van der Waals surface area (Å²) in [5.41, 5.74) is 2.50. The Morgan fingerprint density at radius 2 is 2.05 bits per heavy atom. The van der Waals surface area contributed by atoms with Crippen LogP contribution in [0.2, 0.25) is 5.02 Å². The molecule has 2 atom stereocenters. The molecule has 1 aliphatic rings. The molecule has 2 aromatic rings. The average molecular weight is 367 g/mol. The van der Waals surface area contributed by atoms with Gasteiger partial charge >= 0.3 is 0 Å². The molecular formula is C16H13BrClNO2. The molecule has 0 bridgehead atoms. The minimum absolute atomic E-state index is 0.259. The van der Waals surface area contributed by atoms with Gasteiger partial charge in [-0.05, 0) is 45.3 Å². The van der Waals surface area contributed by atoms with Gasteiger partial charge in [-0.15, -0.1) is 0 Å². The van der Waals surface area contributed by atoms with Gasteiger partial charge in [-0.1, -0.05) is 35.9 Å². The van der Waals surface area contributed by atoms with Crippen molar-refractivity contribution in [1.82, 2.24) is 5.32 Å². The van der Waals surface area contributed by atoms with Crippen molar-refractivity contribution >= 4 is 33.4 Å². The smallest absolute Gasteiger partial charge is 0.253 e. The van der Waals surface area contributed by atoms with Gasteiger partial charge < -0.3 is 10.4 Å². The maximum absolute atomic E-state index is 12.4. The normalized spacial score (nSPS) is 20.1. The van der Waals surface area contributed by atoms with Gasteiger partial charge in [-0.2, -0.15) is 0 Å². The van der Waals surface area contributed by atoms with Gasteiger partial charge in [0.15, 0.2) is 0 Å². The molecule has 1 aliphatic carbocycles. The van der Waals surface area contributed by atoms with Crippen LogP contribution in [-0.2, 0) is 6.42 Å². The fourth-order valence-electron chi connectivity index (χ4n) is 2.64. The lowest BCUT2D eigenvalue weighted by Gasteiger charge is -2.18. The number of hydrogen-bond donors (Lipinski definition) is 2. The number of benzene rings is 2. The lowest BCUT2D eigenvalue weighted by molar-refractivity contribution is 0.0857. The molecule has 0 saturated carbocycles. The summed E-state index contributed by atoms with van der Waals surface area (Å²) in [7, 11) is 0. The van der Waals surface area contributed by atoms with Crippen LogP contribution in [0.25, 0.3) is 0 Å². The maximum atomic E-state index is 12.4. The molecule has 3 nitrogen and oxygen atoms in total. The van der Waals surface area contributed by atoms with E-state index in [1.54, 1.807) is 18.2 Å². The number of hydrogen-bond acceptors (Lipinski definition) is 2. The first-order valence-electron chi connectivity index (χ1n) is 6.58. The van der Waals surface area contributed by atoms with E-state index in [2.05, 4.69) is 21.2 Å². The molecule has 0 aliphatic heterocycles. The molecule has 0 radical (unpaired) electrons. The summed E-state index contributed by atoms with van der Waals surface area (Å²) in [6, 6.07) is 12.4. The third-order valence-electron chi connectivity index (χ3n) is 3.66. The van der Waals surface area contributed by atoms with Gasteiger partial charge in [0, 0.05) is 15.9 Å². The lowest BCUT2D eigenvalue weighted by Crippen LogP contribution is -2.34. The SMILES string of the molecule is O=C(N[C@H]1c2ccccc2C[C@H]1O)c1cc(Cl)ccc1Br. The van der Waals surface area contributed by atoms with Crippen molar-refractivity contribution in [3.63, 3.8) is 0 Å². The number of halogens is 2. The predicted octanol–water partition coefficient (Wildman–Crippen LogP) is 3.49. The van der Waals surface area contributed by atoms with Crippen LogP contribution in [-0.4, -0.2) is 17.1 Å². The number of carbonyl (C=O) groups excluding carboxylic acids is 1. The number of rotatable bonds is 2. The second-order valence-electron chi connectivity index (χ2n) is 5.05. The van der Waals surface area contributed by atoms with E-state index in [-0.39, 0.29) is 11.9 Å². The van der Waals surface area contributed by atoms with Gasteiger partial charge in [0.1, 0.15) is 0 Å². The number of nitrogens with one attached hydrogen (secondary N) is 1. The van der Waals surface area contributed by atoms with Gasteiger partial charge in [0.25, 0.3) is 5.91 Å². The summed E-state index contributed by atoms with van der Waals surface area (Å²) >= 11 is 9.28. The summed E-state index contributed by atoms with van der Waals surface area (Å²) in [6.45, 7) is 0. The van der Waals surface area contributed by atoms with E-state index in [0.29, 0.717) is 21.5 Å². The first kappa shape index (κ1) is 14.6. The summed E-state index contributed by atoms with van der Waals surface area (Å²) < 4.78 is 0.671. The Kier molecular flexibility index (Phi) is 4.02. The monoisotopic (exact) mass is 365 g/mol. The van der Waals surface area contributed by atoms with Crippen molar-refractivity contribution in [2.24, 2.45) is 0 Å². The molecule has 0 aromatic heterocycles. The van der Waals surface area contributed by atoms with Gasteiger partial charge in [-0.3, -0.25) is 4.79 Å². The average Bonchev–Trinajstić information content (AvgIpc) is 2.78. The molecule has 0 heterocycles. The number of aliphatic hydroxyl groups excluding tert-OH is 1. The van der Waals surface area contributed by atoms with Crippen LogP contribution in [0.4, 0.5) is 0 Å². The van der Waals surface area contributed by atoms with Crippen molar-refractivity contribution in [3.8, 4) is 0 Å². The largest absolute Gasteiger partial charge is 0.390 e. The highest BCUT2D eigenvalue weighted by Crippen LogP contribution is 2.32. The molecule has 1 amide bonds. The Bertz CT molecular complexity index is 704. The highest BCUT2D eigenvalue weighted by molar-refractivity contribution is 9.10. The van der Waals surface area contributed by atoms with Crippen molar-refractivity contribution in [2.45, 2.75) is 18.6 Å². The Morgan fingerprint density at radius 3 is 2.86 bits per heavy atom. The van der Waals surface area contributed by atoms with Crippen molar-refractivity contribution in [1.29, 1.82) is 0 Å². The number of carbonyl (C=O) groups is 1. The highest BCUT2D eigenvalue weighted by atomic mass is 79.9. The molecule has 5 heteroatoms. The molecule has 2 N–H and O–H groups in total. The van der Waals surface area contributed by atoms with E-state index < -0.39 is 6.10 Å². The highest BCUT2D eigenvalue weighted by Gasteiger charge is 2.32. The van der Waals surface area contributed by atoms with Crippen molar-refractivity contribution < 1.29 is 9.90 Å². The van der Waals surface area contributed by atoms with E-state index in [9.17, 15) is 9.90 Å². The van der Waals surface area contributed by atoms with Gasteiger partial charge in [0.05, 0.1) is 17.7 Å². The Balaban J connectivity index is 1.87. The van der Waals surface area contributed by atoms with E-state index in [4.69, 9.17) is 11.6 Å². The number of fused-ring (bicyclic) bond motifs is 1. The van der Waals surface area contributed by atoms with Crippen LogP contribution < -0.4 is 5.32 Å². The summed E-state index contributed by atoms with van der Waals surface area (Å²) in [5.74, 6) is -0.259. The molecule has 0 fully saturated rings. The Hall–Kier alpha value is -1.36. The van der Waals surface area contributed by atoms with Crippen molar-refractivity contribution in [2.75, 3.05) is 0 Å². The second-order valence-corrected chi connectivity index (χ2v) is 6.34. The van der Waals surface area contributed by atoms with Crippen LogP contribution in [0.15, 0.2) is 46.9 Å². The molecular weight excluding hydrogens is 354 g/mol. The standard InChI is InChI=1S/C16H13BrClNO2/c17-13-6-5-10(18)8-12(13)16(21)19-15-11-4-2-1-3-9(11)7-14(15)20/h1-6,8,14-15,20H,7H2,(H,19,21)/t14-,15+/m1/s1. The Labute approximate surface area is 136 Å². The van der Waals surface area contributed by atoms with Crippen LogP contribution in [0.3, 0.4) is 0 Å². The van der Waals surface area contributed by atoms with Crippen LogP contribution in [0.5, 0.6) is 0 Å². The summed E-state index contributed by atoms with van der Waals surface area (Å²) in [5, 5.41) is 13.6. The van der Waals surface area contributed by atoms with Gasteiger partial charge in [0.2, 0.25) is 0 Å². The fraction of sp³-hybridized carbons (Fsp3) is 0.188. The zero-order valence-electron chi connectivity index (χ0n) is 11.0. The second kappa shape index (κ2) is 5.79. The van der Waals surface area contributed by atoms with E-state index in [0.717, 1.165) is 11.1 Å². The first-order chi connectivity index (χ1) is 10.1. The minimum atomic E-state index is -0.607. The van der Waals surface area contributed by atoms with E-state index in [1.807, 2.05) is 24.3 Å². The summed E-state index contributed by atoms with van der Waals surface area (Å²) in [4.78, 5) is 12.4. The lowest BCUT2D eigenvalue weighted by atomic mass is 10.1. The maximum Gasteiger partial charge on any atom is 0.253 e. The third kappa shape index (κ3) is 2.84. The van der Waals surface area contributed by atoms with E-state index >= 15 is 0 Å². The zero-order valence-corrected chi connectivity index (χ0v) is 13.4. The molecule has 21 heavy (non-hydrogen) atoms. The van der Waals surface area contributed by atoms with Crippen molar-refractivity contribution in [3.05, 3.63) is 68.7 Å². The van der Waals surface area contributed by atoms with Gasteiger partial charge in [-0.25, -0.2) is 0 Å². The summed E-state index contributed by atoms with van der Waals surface area (Å²) in [6.07, 6.45) is -0.0537. The molecule has 2 aromatic carbocycles. The third-order valence-corrected chi connectivity index (χ3v) is 4.59. The van der Waals surface area contributed by atoms with Crippen LogP contribution >= 0.6 is 27.5 Å². The van der Waals surface area contributed by atoms with E-state index in [1.165, 1.54) is 0 Å². The Morgan fingerprint density at radius 1 is 1.29 bits per heavy atom. The molecule has 0 spiro atoms. The molecule has 0 saturated heterocycles.